The summed E-state index contributed by atoms with van der Waals surface area (Å²) in [6.45, 7) is 20.6. The zero-order chi connectivity index (χ0) is 39.8. The van der Waals surface area contributed by atoms with Crippen LogP contribution in [0.3, 0.4) is 0 Å². The molecule has 0 bridgehead atoms. The molecule has 0 N–H and O–H groups in total. The second-order valence-corrected chi connectivity index (χ2v) is 30.8. The van der Waals surface area contributed by atoms with Gasteiger partial charge in [-0.2, -0.15) is 21.6 Å². The van der Waals surface area contributed by atoms with Crippen molar-refractivity contribution >= 4 is 81.2 Å². The van der Waals surface area contributed by atoms with Gasteiger partial charge in [0.15, 0.2) is 12.9 Å². The van der Waals surface area contributed by atoms with Crippen LogP contribution in [0.5, 0.6) is 5.75 Å². The minimum atomic E-state index is -6.12. The van der Waals surface area contributed by atoms with E-state index >= 15 is 4.57 Å². The lowest BCUT2D eigenvalue weighted by molar-refractivity contribution is -0.0499. The molecule has 282 valence electrons. The standard InChI is InChI=1S/C43H46F3O4PSSi2/c1-27-19-28(2)22-31(21-27)51(47,32-23-29(3)20-30(4)24-32)38-26-40(54(8,9)10)34-16-12-14-18-36(34)42(38)41-35-17-13-11-15-33(35)39(53(5,6)7)25-37(41)50-52(48,49)43(44,45)46/h11-26H,1-10H3. The van der Waals surface area contributed by atoms with Gasteiger partial charge in [0.25, 0.3) is 0 Å². The number of benzene rings is 6. The van der Waals surface area contributed by atoms with Gasteiger partial charge in [0, 0.05) is 27.0 Å². The zero-order valence-corrected chi connectivity index (χ0v) is 36.1. The average Bonchev–Trinajstić information content (AvgIpc) is 3.04. The van der Waals surface area contributed by atoms with Crippen molar-refractivity contribution in [2.24, 2.45) is 0 Å². The van der Waals surface area contributed by atoms with E-state index in [0.717, 1.165) is 43.4 Å². The summed E-state index contributed by atoms with van der Waals surface area (Å²) in [7, 11) is -14.6. The van der Waals surface area contributed by atoms with Crippen molar-refractivity contribution in [2.45, 2.75) is 72.5 Å². The van der Waals surface area contributed by atoms with Gasteiger partial charge < -0.3 is 8.75 Å². The predicted octanol–water partition coefficient (Wildman–Crippen LogP) is 9.85. The Morgan fingerprint density at radius 3 is 1.31 bits per heavy atom. The van der Waals surface area contributed by atoms with Crippen molar-refractivity contribution in [2.75, 3.05) is 0 Å². The monoisotopic (exact) mass is 802 g/mol. The van der Waals surface area contributed by atoms with E-state index < -0.39 is 44.7 Å². The third-order valence-corrected chi connectivity index (χ3v) is 17.9. The Kier molecular flexibility index (Phi) is 10.0. The van der Waals surface area contributed by atoms with Crippen molar-refractivity contribution in [3.63, 3.8) is 0 Å². The van der Waals surface area contributed by atoms with Crippen LogP contribution >= 0.6 is 7.14 Å². The molecular weight excluding hydrogens is 757 g/mol. The van der Waals surface area contributed by atoms with E-state index in [4.69, 9.17) is 4.18 Å². The van der Waals surface area contributed by atoms with E-state index in [1.807, 2.05) is 107 Å². The smallest absolute Gasteiger partial charge is 0.375 e. The second-order valence-electron chi connectivity index (χ2n) is 16.5. The fraction of sp³-hybridized carbons (Fsp3) is 0.256. The summed E-state index contributed by atoms with van der Waals surface area (Å²) in [5, 5.41) is 6.17. The third-order valence-electron chi connectivity index (χ3n) is 9.86. The van der Waals surface area contributed by atoms with Crippen molar-refractivity contribution in [3.05, 3.63) is 119 Å². The maximum absolute atomic E-state index is 16.9. The average molecular weight is 803 g/mol. The summed E-state index contributed by atoms with van der Waals surface area (Å²) in [4.78, 5) is 0. The fourth-order valence-electron chi connectivity index (χ4n) is 7.64. The highest BCUT2D eigenvalue weighted by Gasteiger charge is 2.49. The SMILES string of the molecule is Cc1cc(C)cc(P(=O)(c2cc(C)cc(C)c2)c2cc([Si](C)(C)C)c3ccccc3c2-c2c(OS(=O)(=O)C(F)(F)F)cc([Si](C)(C)C)c3ccccc23)c1. The summed E-state index contributed by atoms with van der Waals surface area (Å²) in [6.07, 6.45) is 0. The molecule has 0 aliphatic carbocycles. The maximum atomic E-state index is 16.9. The molecule has 54 heavy (non-hydrogen) atoms. The van der Waals surface area contributed by atoms with E-state index in [9.17, 15) is 21.6 Å². The molecule has 0 fully saturated rings. The number of hydrogen-bond acceptors (Lipinski definition) is 4. The van der Waals surface area contributed by atoms with Crippen molar-refractivity contribution < 1.29 is 30.3 Å². The first-order valence-corrected chi connectivity index (χ1v) is 28.0. The molecule has 0 heterocycles. The lowest BCUT2D eigenvalue weighted by Crippen LogP contribution is -2.41. The molecule has 11 heteroatoms. The zero-order valence-electron chi connectivity index (χ0n) is 32.4. The number of halogens is 3. The molecule has 0 radical (unpaired) electrons. The van der Waals surface area contributed by atoms with Crippen LogP contribution in [0.2, 0.25) is 39.3 Å². The third kappa shape index (κ3) is 7.14. The molecule has 0 aliphatic heterocycles. The van der Waals surface area contributed by atoms with Gasteiger partial charge in [-0.25, -0.2) is 0 Å². The van der Waals surface area contributed by atoms with E-state index in [1.54, 1.807) is 12.1 Å². The predicted molar refractivity (Wildman–Crippen MR) is 227 cm³/mol. The van der Waals surface area contributed by atoms with Crippen LogP contribution < -0.4 is 30.5 Å². The lowest BCUT2D eigenvalue weighted by Gasteiger charge is -2.31. The van der Waals surface area contributed by atoms with Crippen LogP contribution in [0.4, 0.5) is 13.2 Å². The first-order chi connectivity index (χ1) is 24.9. The summed E-state index contributed by atoms with van der Waals surface area (Å²) < 4.78 is 91.1. The van der Waals surface area contributed by atoms with Crippen LogP contribution in [0.25, 0.3) is 32.7 Å². The van der Waals surface area contributed by atoms with Crippen LogP contribution in [0.1, 0.15) is 22.3 Å². The molecule has 6 aromatic rings. The molecular formula is C43H46F3O4PSSi2. The van der Waals surface area contributed by atoms with E-state index in [0.29, 0.717) is 32.2 Å². The molecule has 4 nitrogen and oxygen atoms in total. The summed E-state index contributed by atoms with van der Waals surface area (Å²) in [5.74, 6) is -0.442. The molecule has 0 saturated carbocycles. The Hall–Kier alpha value is -3.96. The number of rotatable bonds is 8. The van der Waals surface area contributed by atoms with Crippen LogP contribution in [0.15, 0.2) is 97.1 Å². The Morgan fingerprint density at radius 1 is 0.556 bits per heavy atom. The summed E-state index contributed by atoms with van der Waals surface area (Å²) >= 11 is 0. The molecule has 0 amide bonds. The van der Waals surface area contributed by atoms with Gasteiger partial charge in [0.2, 0.25) is 0 Å². The fourth-order valence-corrected chi connectivity index (χ4v) is 14.7. The van der Waals surface area contributed by atoms with Gasteiger partial charge in [-0.1, -0.05) is 133 Å². The minimum Gasteiger partial charge on any atom is -0.375 e. The number of fused-ring (bicyclic) bond motifs is 2. The normalized spacial score (nSPS) is 13.1. The van der Waals surface area contributed by atoms with Crippen molar-refractivity contribution in [1.29, 1.82) is 0 Å². The van der Waals surface area contributed by atoms with E-state index in [-0.39, 0.29) is 5.56 Å². The van der Waals surface area contributed by atoms with E-state index in [1.165, 1.54) is 6.07 Å². The Bertz CT molecular complexity index is 2540. The summed E-state index contributed by atoms with van der Waals surface area (Å²) in [6, 6.07) is 30.2. The molecule has 0 spiro atoms. The molecule has 0 aliphatic rings. The lowest BCUT2D eigenvalue weighted by atomic mass is 9.93. The van der Waals surface area contributed by atoms with Crippen LogP contribution in [-0.4, -0.2) is 30.1 Å². The first kappa shape index (κ1) is 39.7. The van der Waals surface area contributed by atoms with Gasteiger partial charge in [-0.3, -0.25) is 0 Å². The van der Waals surface area contributed by atoms with Crippen molar-refractivity contribution in [3.8, 4) is 16.9 Å². The number of alkyl halides is 3. The molecule has 0 atom stereocenters. The van der Waals surface area contributed by atoms with Gasteiger partial charge in [0.1, 0.15) is 0 Å². The molecule has 6 rings (SSSR count). The number of aryl methyl sites for hydroxylation is 4. The van der Waals surface area contributed by atoms with Gasteiger partial charge >= 0.3 is 15.6 Å². The highest BCUT2D eigenvalue weighted by Crippen LogP contribution is 2.51. The second kappa shape index (κ2) is 13.7. The summed E-state index contributed by atoms with van der Waals surface area (Å²) in [5.41, 5.74) is -1.50. The maximum Gasteiger partial charge on any atom is 0.534 e. The largest absolute Gasteiger partial charge is 0.534 e. The first-order valence-electron chi connectivity index (χ1n) is 17.9. The quantitative estimate of drug-likeness (QED) is 0.0666. The van der Waals surface area contributed by atoms with Gasteiger partial charge in [-0.15, -0.1) is 0 Å². The Balaban J connectivity index is 1.97. The van der Waals surface area contributed by atoms with E-state index in [2.05, 4.69) is 39.3 Å². The molecule has 0 saturated heterocycles. The van der Waals surface area contributed by atoms with Gasteiger partial charge in [0.05, 0.1) is 16.1 Å². The molecule has 6 aromatic carbocycles. The van der Waals surface area contributed by atoms with Crippen molar-refractivity contribution in [1.82, 2.24) is 0 Å². The topological polar surface area (TPSA) is 60.4 Å². The number of hydrogen-bond donors (Lipinski definition) is 0. The highest BCUT2D eigenvalue weighted by molar-refractivity contribution is 7.88. The highest BCUT2D eigenvalue weighted by atomic mass is 32.2. The molecule has 0 unspecified atom stereocenters. The van der Waals surface area contributed by atoms with Crippen LogP contribution in [-0.2, 0) is 14.7 Å². The minimum absolute atomic E-state index is 0.155. The Morgan fingerprint density at radius 2 is 0.926 bits per heavy atom. The molecule has 0 aromatic heterocycles. The Labute approximate surface area is 318 Å². The van der Waals surface area contributed by atoms with Gasteiger partial charge in [-0.05, 0) is 84.8 Å². The van der Waals surface area contributed by atoms with Crippen LogP contribution in [0, 0.1) is 27.7 Å².